The van der Waals surface area contributed by atoms with E-state index in [9.17, 15) is 14.4 Å². The van der Waals surface area contributed by atoms with Crippen molar-refractivity contribution in [1.29, 1.82) is 0 Å². The molecule has 27 heavy (non-hydrogen) atoms. The summed E-state index contributed by atoms with van der Waals surface area (Å²) in [5.74, 6) is -0.132. The van der Waals surface area contributed by atoms with Gasteiger partial charge in [-0.25, -0.2) is 9.59 Å². The number of carbonyl (C=O) groups is 3. The Morgan fingerprint density at radius 1 is 1.15 bits per heavy atom. The fraction of sp³-hybridized carbons (Fsp3) is 0.550. The van der Waals surface area contributed by atoms with Crippen molar-refractivity contribution in [1.82, 2.24) is 10.2 Å². The number of Topliss-reactive ketones (excluding diaryl/α,β-unsaturated/α-hetero) is 1. The van der Waals surface area contributed by atoms with Crippen molar-refractivity contribution < 1.29 is 23.9 Å². The molecule has 1 aliphatic carbocycles. The Hall–Kier alpha value is -2.41. The quantitative estimate of drug-likeness (QED) is 0.794. The van der Waals surface area contributed by atoms with Crippen LogP contribution in [-0.4, -0.2) is 54.5 Å². The van der Waals surface area contributed by atoms with Gasteiger partial charge in [0.1, 0.15) is 18.4 Å². The molecule has 1 saturated carbocycles. The second-order valence-electron chi connectivity index (χ2n) is 7.14. The molecule has 2 atom stereocenters. The monoisotopic (exact) mass is 374 g/mol. The molecule has 2 fully saturated rings. The molecular weight excluding hydrogens is 348 g/mol. The van der Waals surface area contributed by atoms with E-state index in [4.69, 9.17) is 9.47 Å². The Labute approximate surface area is 159 Å². The highest BCUT2D eigenvalue weighted by Gasteiger charge is 2.42. The number of methoxy groups -OCH3 is 1. The number of ether oxygens (including phenoxy) is 2. The van der Waals surface area contributed by atoms with Crippen molar-refractivity contribution in [2.45, 2.75) is 56.8 Å². The molecule has 7 nitrogen and oxygen atoms in total. The van der Waals surface area contributed by atoms with E-state index in [1.807, 2.05) is 30.3 Å². The Morgan fingerprint density at radius 3 is 2.52 bits per heavy atom. The van der Waals surface area contributed by atoms with E-state index >= 15 is 0 Å². The minimum atomic E-state index is -0.652. The molecule has 1 aromatic rings. The normalized spacial score (nSPS) is 23.3. The van der Waals surface area contributed by atoms with Crippen LogP contribution in [-0.2, 0) is 25.7 Å². The first-order valence-corrected chi connectivity index (χ1v) is 9.39. The molecule has 0 aromatic heterocycles. The molecule has 1 aromatic carbocycles. The van der Waals surface area contributed by atoms with Gasteiger partial charge in [-0.2, -0.15) is 0 Å². The Morgan fingerprint density at radius 2 is 1.85 bits per heavy atom. The zero-order valence-corrected chi connectivity index (χ0v) is 15.6. The minimum absolute atomic E-state index is 0.0171. The molecule has 2 aliphatic rings. The molecule has 0 unspecified atom stereocenters. The fourth-order valence-electron chi connectivity index (χ4n) is 3.76. The maximum Gasteiger partial charge on any atom is 0.410 e. The molecule has 1 amide bonds. The lowest BCUT2D eigenvalue weighted by molar-refractivity contribution is -0.145. The summed E-state index contributed by atoms with van der Waals surface area (Å²) >= 11 is 0. The molecule has 0 spiro atoms. The van der Waals surface area contributed by atoms with E-state index in [0.717, 1.165) is 18.4 Å². The zero-order chi connectivity index (χ0) is 19.2. The van der Waals surface area contributed by atoms with Crippen molar-refractivity contribution in [2.75, 3.05) is 13.7 Å². The molecule has 1 saturated heterocycles. The lowest BCUT2D eigenvalue weighted by atomic mass is 9.93. The number of nitrogens with zero attached hydrogens (tertiary/aromatic N) is 1. The summed E-state index contributed by atoms with van der Waals surface area (Å²) < 4.78 is 10.3. The van der Waals surface area contributed by atoms with Crippen LogP contribution in [0.15, 0.2) is 30.3 Å². The molecule has 0 bridgehead atoms. The van der Waals surface area contributed by atoms with Crippen molar-refractivity contribution in [3.05, 3.63) is 35.9 Å². The van der Waals surface area contributed by atoms with Crippen molar-refractivity contribution in [3.8, 4) is 0 Å². The maximum atomic E-state index is 12.6. The highest BCUT2D eigenvalue weighted by molar-refractivity contribution is 5.82. The van der Waals surface area contributed by atoms with E-state index in [-0.39, 0.29) is 18.7 Å². The predicted octanol–water partition coefficient (Wildman–Crippen LogP) is 2.04. The molecule has 1 heterocycles. The van der Waals surface area contributed by atoms with Gasteiger partial charge in [0.25, 0.3) is 0 Å². The summed E-state index contributed by atoms with van der Waals surface area (Å²) in [7, 11) is 1.32. The lowest BCUT2D eigenvalue weighted by Gasteiger charge is -2.25. The second kappa shape index (κ2) is 8.99. The fourth-order valence-corrected chi connectivity index (χ4v) is 3.76. The molecule has 146 valence electrons. The number of hydrogen-bond donors (Lipinski definition) is 1. The third kappa shape index (κ3) is 5.07. The Balaban J connectivity index is 1.58. The molecule has 1 aliphatic heterocycles. The first-order valence-electron chi connectivity index (χ1n) is 9.39. The number of ketones is 1. The van der Waals surface area contributed by atoms with Gasteiger partial charge in [0.15, 0.2) is 0 Å². The van der Waals surface area contributed by atoms with Gasteiger partial charge in [-0.15, -0.1) is 0 Å². The van der Waals surface area contributed by atoms with Gasteiger partial charge >= 0.3 is 12.1 Å². The second-order valence-corrected chi connectivity index (χ2v) is 7.14. The van der Waals surface area contributed by atoms with Crippen LogP contribution < -0.4 is 5.32 Å². The molecule has 1 N–H and O–H groups in total. The highest BCUT2D eigenvalue weighted by atomic mass is 16.6. The van der Waals surface area contributed by atoms with E-state index in [0.29, 0.717) is 31.6 Å². The molecular formula is C20H26N2O5. The number of likely N-dealkylation sites (tertiary alicyclic amines) is 1. The first-order chi connectivity index (χ1) is 13.1. The number of benzene rings is 1. The number of hydrogen-bond acceptors (Lipinski definition) is 6. The van der Waals surface area contributed by atoms with Crippen LogP contribution in [0.25, 0.3) is 0 Å². The Kier molecular flexibility index (Phi) is 6.45. The van der Waals surface area contributed by atoms with E-state index < -0.39 is 18.1 Å². The highest BCUT2D eigenvalue weighted by Crippen LogP contribution is 2.23. The van der Waals surface area contributed by atoms with Crippen LogP contribution in [0.2, 0.25) is 0 Å². The van der Waals surface area contributed by atoms with Crippen molar-refractivity contribution in [2.24, 2.45) is 0 Å². The summed E-state index contributed by atoms with van der Waals surface area (Å²) in [4.78, 5) is 37.5. The molecule has 0 radical (unpaired) electrons. The standard InChI is InChI=1S/C20H26N2O5/c1-26-19(24)18-11-16(21-15-7-9-17(23)10-8-15)12-22(18)20(25)27-13-14-5-3-2-4-6-14/h2-6,15-16,18,21H,7-13H2,1H3/t16-,18-/m0/s1. The van der Waals surface area contributed by atoms with Gasteiger partial charge < -0.3 is 14.8 Å². The topological polar surface area (TPSA) is 84.9 Å². The van der Waals surface area contributed by atoms with Gasteiger partial charge in [0, 0.05) is 31.5 Å². The lowest BCUT2D eigenvalue weighted by Crippen LogP contribution is -2.43. The van der Waals surface area contributed by atoms with Gasteiger partial charge in [-0.3, -0.25) is 9.69 Å². The minimum Gasteiger partial charge on any atom is -0.467 e. The number of amides is 1. The van der Waals surface area contributed by atoms with Crippen LogP contribution in [0.5, 0.6) is 0 Å². The van der Waals surface area contributed by atoms with Gasteiger partial charge in [0.2, 0.25) is 0 Å². The predicted molar refractivity (Wildman–Crippen MR) is 97.9 cm³/mol. The van der Waals surface area contributed by atoms with Crippen molar-refractivity contribution in [3.63, 3.8) is 0 Å². The smallest absolute Gasteiger partial charge is 0.410 e. The van der Waals surface area contributed by atoms with Crippen LogP contribution >= 0.6 is 0 Å². The number of nitrogens with one attached hydrogen (secondary N) is 1. The zero-order valence-electron chi connectivity index (χ0n) is 15.6. The molecule has 7 heteroatoms. The van der Waals surface area contributed by atoms with Crippen LogP contribution in [0.1, 0.15) is 37.7 Å². The summed E-state index contributed by atoms with van der Waals surface area (Å²) in [6, 6.07) is 8.99. The summed E-state index contributed by atoms with van der Waals surface area (Å²) in [5.41, 5.74) is 0.890. The van der Waals surface area contributed by atoms with Gasteiger partial charge in [-0.05, 0) is 24.8 Å². The molecule has 3 rings (SSSR count). The van der Waals surface area contributed by atoms with E-state index in [2.05, 4.69) is 5.32 Å². The number of carbonyl (C=O) groups excluding carboxylic acids is 3. The maximum absolute atomic E-state index is 12.6. The van der Waals surface area contributed by atoms with E-state index in [1.165, 1.54) is 12.0 Å². The van der Waals surface area contributed by atoms with E-state index in [1.54, 1.807) is 0 Å². The third-order valence-electron chi connectivity index (χ3n) is 5.23. The number of esters is 1. The largest absolute Gasteiger partial charge is 0.467 e. The first kappa shape index (κ1) is 19.4. The SMILES string of the molecule is COC(=O)[C@@H]1C[C@H](NC2CCC(=O)CC2)CN1C(=O)OCc1ccccc1. The average molecular weight is 374 g/mol. The Bertz CT molecular complexity index is 668. The third-order valence-corrected chi connectivity index (χ3v) is 5.23. The van der Waals surface area contributed by atoms with Crippen LogP contribution in [0.4, 0.5) is 4.79 Å². The summed E-state index contributed by atoms with van der Waals surface area (Å²) in [6.45, 7) is 0.546. The van der Waals surface area contributed by atoms with Crippen LogP contribution in [0, 0.1) is 0 Å². The van der Waals surface area contributed by atoms with Crippen LogP contribution in [0.3, 0.4) is 0 Å². The van der Waals surface area contributed by atoms with Crippen molar-refractivity contribution >= 4 is 17.8 Å². The average Bonchev–Trinajstić information content (AvgIpc) is 3.12. The summed E-state index contributed by atoms with van der Waals surface area (Å²) in [5, 5.41) is 3.50. The summed E-state index contributed by atoms with van der Waals surface area (Å²) in [6.07, 6.45) is 2.75. The number of rotatable bonds is 5. The van der Waals surface area contributed by atoms with Gasteiger partial charge in [-0.1, -0.05) is 30.3 Å². The van der Waals surface area contributed by atoms with Gasteiger partial charge in [0.05, 0.1) is 7.11 Å².